The van der Waals surface area contributed by atoms with Crippen LogP contribution < -0.4 is 5.32 Å². The van der Waals surface area contributed by atoms with Crippen molar-refractivity contribution in [3.8, 4) is 0 Å². The molecule has 2 aromatic rings. The summed E-state index contributed by atoms with van der Waals surface area (Å²) in [6, 6.07) is 9.33. The molecule has 0 fully saturated rings. The minimum Gasteiger partial charge on any atom is -0.446 e. The zero-order chi connectivity index (χ0) is 13.5. The molecule has 0 unspecified atom stereocenters. The third-order valence-corrected chi connectivity index (χ3v) is 2.29. The number of rotatable bonds is 5. The largest absolute Gasteiger partial charge is 0.446 e. The Morgan fingerprint density at radius 3 is 2.84 bits per heavy atom. The average molecular weight is 260 g/mol. The van der Waals surface area contributed by atoms with Gasteiger partial charge in [-0.05, 0) is 5.56 Å². The lowest BCUT2D eigenvalue weighted by molar-refractivity contribution is 0.111. The fourth-order valence-electron chi connectivity index (χ4n) is 1.38. The summed E-state index contributed by atoms with van der Waals surface area (Å²) in [6.07, 6.45) is 1.22. The molecule has 1 aromatic carbocycles. The predicted octanol–water partition coefficient (Wildman–Crippen LogP) is 1.91. The first-order chi connectivity index (χ1) is 9.28. The molecule has 6 heteroatoms. The van der Waals surface area contributed by atoms with Crippen LogP contribution in [0.4, 0.5) is 4.79 Å². The SMILES string of the molecule is O=Cc1coc(CNC(=O)OCc2ccccc2)n1. The van der Waals surface area contributed by atoms with Crippen molar-refractivity contribution in [2.75, 3.05) is 0 Å². The summed E-state index contributed by atoms with van der Waals surface area (Å²) in [5, 5.41) is 2.47. The van der Waals surface area contributed by atoms with Gasteiger partial charge in [0.1, 0.15) is 18.6 Å². The number of carbonyl (C=O) groups is 2. The van der Waals surface area contributed by atoms with Crippen LogP contribution in [0.3, 0.4) is 0 Å². The van der Waals surface area contributed by atoms with E-state index in [1.54, 1.807) is 0 Å². The van der Waals surface area contributed by atoms with E-state index in [0.717, 1.165) is 5.56 Å². The number of ether oxygens (including phenoxy) is 1. The van der Waals surface area contributed by atoms with Gasteiger partial charge in [0.25, 0.3) is 0 Å². The van der Waals surface area contributed by atoms with Gasteiger partial charge in [-0.1, -0.05) is 30.3 Å². The van der Waals surface area contributed by atoms with E-state index < -0.39 is 6.09 Å². The van der Waals surface area contributed by atoms with Gasteiger partial charge in [-0.3, -0.25) is 4.79 Å². The van der Waals surface area contributed by atoms with Gasteiger partial charge in [0.2, 0.25) is 5.89 Å². The molecule has 0 saturated carbocycles. The molecule has 0 spiro atoms. The maximum Gasteiger partial charge on any atom is 0.407 e. The smallest absolute Gasteiger partial charge is 0.407 e. The summed E-state index contributed by atoms with van der Waals surface area (Å²) in [5.41, 5.74) is 1.09. The van der Waals surface area contributed by atoms with Crippen LogP contribution in [0, 0.1) is 0 Å². The van der Waals surface area contributed by atoms with Crippen LogP contribution in [0.2, 0.25) is 0 Å². The number of aromatic nitrogens is 1. The Morgan fingerprint density at radius 1 is 1.37 bits per heavy atom. The molecule has 2 rings (SSSR count). The number of oxazole rings is 1. The zero-order valence-corrected chi connectivity index (χ0v) is 10.0. The molecule has 0 bridgehead atoms. The summed E-state index contributed by atoms with van der Waals surface area (Å²) >= 11 is 0. The van der Waals surface area contributed by atoms with Crippen LogP contribution in [0.1, 0.15) is 21.9 Å². The summed E-state index contributed by atoms with van der Waals surface area (Å²) < 4.78 is 9.95. The summed E-state index contributed by atoms with van der Waals surface area (Å²) in [7, 11) is 0. The Morgan fingerprint density at radius 2 is 2.16 bits per heavy atom. The molecule has 0 aliphatic carbocycles. The number of aldehydes is 1. The van der Waals surface area contributed by atoms with Crippen molar-refractivity contribution in [3.05, 3.63) is 53.7 Å². The van der Waals surface area contributed by atoms with Crippen LogP contribution in [0.25, 0.3) is 0 Å². The number of carbonyl (C=O) groups excluding carboxylic acids is 2. The molecule has 0 radical (unpaired) electrons. The van der Waals surface area contributed by atoms with E-state index in [2.05, 4.69) is 10.3 Å². The number of benzene rings is 1. The quantitative estimate of drug-likeness (QED) is 0.830. The van der Waals surface area contributed by atoms with E-state index in [1.807, 2.05) is 30.3 Å². The van der Waals surface area contributed by atoms with Crippen LogP contribution in [-0.4, -0.2) is 17.4 Å². The van der Waals surface area contributed by atoms with E-state index in [0.29, 0.717) is 6.29 Å². The second-order valence-corrected chi connectivity index (χ2v) is 3.70. The van der Waals surface area contributed by atoms with Gasteiger partial charge in [0.15, 0.2) is 6.29 Å². The van der Waals surface area contributed by atoms with Crippen molar-refractivity contribution in [2.24, 2.45) is 0 Å². The molecular formula is C13H12N2O4. The third-order valence-electron chi connectivity index (χ3n) is 2.29. The standard InChI is InChI=1S/C13H12N2O4/c16-7-11-9-18-12(15-11)6-14-13(17)19-8-10-4-2-1-3-5-10/h1-5,7,9H,6,8H2,(H,14,17). The molecule has 0 aliphatic rings. The normalized spacial score (nSPS) is 9.89. The summed E-state index contributed by atoms with van der Waals surface area (Å²) in [6.45, 7) is 0.263. The van der Waals surface area contributed by atoms with Gasteiger partial charge < -0.3 is 14.5 Å². The van der Waals surface area contributed by atoms with E-state index in [1.165, 1.54) is 6.26 Å². The van der Waals surface area contributed by atoms with Gasteiger partial charge in [-0.15, -0.1) is 0 Å². The monoisotopic (exact) mass is 260 g/mol. The summed E-state index contributed by atoms with van der Waals surface area (Å²) in [5.74, 6) is 0.249. The van der Waals surface area contributed by atoms with Gasteiger partial charge in [0.05, 0.1) is 6.54 Å². The molecule has 1 amide bonds. The maximum absolute atomic E-state index is 11.4. The van der Waals surface area contributed by atoms with E-state index in [-0.39, 0.29) is 24.7 Å². The molecule has 6 nitrogen and oxygen atoms in total. The van der Waals surface area contributed by atoms with Gasteiger partial charge in [-0.25, -0.2) is 9.78 Å². The minimum atomic E-state index is -0.574. The number of amides is 1. The highest BCUT2D eigenvalue weighted by molar-refractivity contribution is 5.70. The highest BCUT2D eigenvalue weighted by Crippen LogP contribution is 2.02. The summed E-state index contributed by atoms with van der Waals surface area (Å²) in [4.78, 5) is 25.6. The molecule has 98 valence electrons. The molecule has 0 aliphatic heterocycles. The number of nitrogens with one attached hydrogen (secondary N) is 1. The Hall–Kier alpha value is -2.63. The lowest BCUT2D eigenvalue weighted by Crippen LogP contribution is -2.23. The van der Waals surface area contributed by atoms with Crippen molar-refractivity contribution >= 4 is 12.4 Å². The van der Waals surface area contributed by atoms with Crippen LogP contribution >= 0.6 is 0 Å². The Kier molecular flexibility index (Phi) is 4.28. The Balaban J connectivity index is 1.74. The van der Waals surface area contributed by atoms with E-state index >= 15 is 0 Å². The number of hydrogen-bond donors (Lipinski definition) is 1. The van der Waals surface area contributed by atoms with Crippen molar-refractivity contribution < 1.29 is 18.7 Å². The first-order valence-corrected chi connectivity index (χ1v) is 5.62. The number of alkyl carbamates (subject to hydrolysis) is 1. The van der Waals surface area contributed by atoms with Gasteiger partial charge in [0, 0.05) is 0 Å². The highest BCUT2D eigenvalue weighted by Gasteiger charge is 2.06. The van der Waals surface area contributed by atoms with Crippen molar-refractivity contribution in [1.82, 2.24) is 10.3 Å². The molecule has 19 heavy (non-hydrogen) atoms. The molecule has 0 saturated heterocycles. The zero-order valence-electron chi connectivity index (χ0n) is 10.0. The molecule has 1 N–H and O–H groups in total. The number of nitrogens with zero attached hydrogens (tertiary/aromatic N) is 1. The van der Waals surface area contributed by atoms with E-state index in [4.69, 9.17) is 9.15 Å². The van der Waals surface area contributed by atoms with Crippen LogP contribution in [0.15, 0.2) is 41.0 Å². The first kappa shape index (κ1) is 12.8. The van der Waals surface area contributed by atoms with Crippen molar-refractivity contribution in [1.29, 1.82) is 0 Å². The van der Waals surface area contributed by atoms with Crippen molar-refractivity contribution in [3.63, 3.8) is 0 Å². The Labute approximate surface area is 109 Å². The van der Waals surface area contributed by atoms with Crippen LogP contribution in [-0.2, 0) is 17.9 Å². The molecule has 0 atom stereocenters. The maximum atomic E-state index is 11.4. The Bertz CT molecular complexity index is 551. The fourth-order valence-corrected chi connectivity index (χ4v) is 1.38. The molecule has 1 heterocycles. The second-order valence-electron chi connectivity index (χ2n) is 3.70. The van der Waals surface area contributed by atoms with E-state index in [9.17, 15) is 9.59 Å². The fraction of sp³-hybridized carbons (Fsp3) is 0.154. The lowest BCUT2D eigenvalue weighted by atomic mass is 10.2. The third kappa shape index (κ3) is 3.95. The first-order valence-electron chi connectivity index (χ1n) is 5.62. The molecule has 1 aromatic heterocycles. The average Bonchev–Trinajstić information content (AvgIpc) is 2.92. The van der Waals surface area contributed by atoms with Gasteiger partial charge in [-0.2, -0.15) is 0 Å². The van der Waals surface area contributed by atoms with Gasteiger partial charge >= 0.3 is 6.09 Å². The lowest BCUT2D eigenvalue weighted by Gasteiger charge is -2.05. The predicted molar refractivity (Wildman–Crippen MR) is 65.4 cm³/mol. The minimum absolute atomic E-state index is 0.0709. The van der Waals surface area contributed by atoms with Crippen molar-refractivity contribution in [2.45, 2.75) is 13.2 Å². The highest BCUT2D eigenvalue weighted by atomic mass is 16.5. The molecular weight excluding hydrogens is 248 g/mol. The second kappa shape index (κ2) is 6.34. The number of hydrogen-bond acceptors (Lipinski definition) is 5. The van der Waals surface area contributed by atoms with Crippen LogP contribution in [0.5, 0.6) is 0 Å². The topological polar surface area (TPSA) is 81.4 Å².